The first kappa shape index (κ1) is 20.2. The van der Waals surface area contributed by atoms with E-state index in [9.17, 15) is 14.0 Å². The van der Waals surface area contributed by atoms with Crippen molar-refractivity contribution < 1.29 is 23.5 Å². The Kier molecular flexibility index (Phi) is 5.88. The number of aryl methyl sites for hydroxylation is 1. The SMILES string of the molecule is COc1ccc(C(=O)N2CCOc3ccc(CCC(=O)NC4CC4)cc3C2)cc1F. The van der Waals surface area contributed by atoms with E-state index in [0.29, 0.717) is 38.6 Å². The van der Waals surface area contributed by atoms with Crippen molar-refractivity contribution in [3.8, 4) is 11.5 Å². The molecule has 1 saturated carbocycles. The minimum atomic E-state index is -0.568. The van der Waals surface area contributed by atoms with Gasteiger partial charge in [-0.2, -0.15) is 0 Å². The summed E-state index contributed by atoms with van der Waals surface area (Å²) in [4.78, 5) is 26.5. The third kappa shape index (κ3) is 4.72. The maximum absolute atomic E-state index is 14.0. The topological polar surface area (TPSA) is 67.9 Å². The molecule has 0 saturated heterocycles. The highest BCUT2D eigenvalue weighted by Gasteiger charge is 2.24. The lowest BCUT2D eigenvalue weighted by Crippen LogP contribution is -2.32. The summed E-state index contributed by atoms with van der Waals surface area (Å²) < 4.78 is 24.8. The van der Waals surface area contributed by atoms with Gasteiger partial charge in [0.15, 0.2) is 11.6 Å². The van der Waals surface area contributed by atoms with Crippen LogP contribution in [0.25, 0.3) is 0 Å². The van der Waals surface area contributed by atoms with Gasteiger partial charge in [-0.05, 0) is 49.1 Å². The monoisotopic (exact) mass is 412 g/mol. The van der Waals surface area contributed by atoms with E-state index in [4.69, 9.17) is 9.47 Å². The molecule has 1 aliphatic carbocycles. The second-order valence-electron chi connectivity index (χ2n) is 7.71. The summed E-state index contributed by atoms with van der Waals surface area (Å²) in [7, 11) is 1.39. The van der Waals surface area contributed by atoms with Gasteiger partial charge in [-0.1, -0.05) is 12.1 Å². The lowest BCUT2D eigenvalue weighted by atomic mass is 10.0. The molecule has 1 N–H and O–H groups in total. The number of nitrogens with one attached hydrogen (secondary N) is 1. The minimum absolute atomic E-state index is 0.0713. The molecule has 0 unspecified atom stereocenters. The summed E-state index contributed by atoms with van der Waals surface area (Å²) in [5, 5.41) is 2.99. The van der Waals surface area contributed by atoms with Crippen LogP contribution in [0.1, 0.15) is 40.7 Å². The van der Waals surface area contributed by atoms with E-state index in [1.165, 1.54) is 19.2 Å². The van der Waals surface area contributed by atoms with Crippen molar-refractivity contribution in [3.63, 3.8) is 0 Å². The van der Waals surface area contributed by atoms with Gasteiger partial charge in [-0.3, -0.25) is 9.59 Å². The normalized spacial score (nSPS) is 15.6. The van der Waals surface area contributed by atoms with Crippen molar-refractivity contribution >= 4 is 11.8 Å². The van der Waals surface area contributed by atoms with Gasteiger partial charge >= 0.3 is 0 Å². The zero-order chi connectivity index (χ0) is 21.1. The van der Waals surface area contributed by atoms with Crippen LogP contribution in [0.2, 0.25) is 0 Å². The van der Waals surface area contributed by atoms with E-state index in [1.54, 1.807) is 11.0 Å². The van der Waals surface area contributed by atoms with Crippen LogP contribution >= 0.6 is 0 Å². The Morgan fingerprint density at radius 2 is 2.07 bits per heavy atom. The number of amides is 2. The Morgan fingerprint density at radius 3 is 2.80 bits per heavy atom. The highest BCUT2D eigenvalue weighted by Crippen LogP contribution is 2.27. The molecule has 1 fully saturated rings. The highest BCUT2D eigenvalue weighted by atomic mass is 19.1. The van der Waals surface area contributed by atoms with Crippen LogP contribution in [-0.4, -0.2) is 43.0 Å². The number of fused-ring (bicyclic) bond motifs is 1. The molecule has 2 aromatic rings. The molecule has 2 aliphatic rings. The minimum Gasteiger partial charge on any atom is -0.494 e. The van der Waals surface area contributed by atoms with Gasteiger partial charge in [0, 0.05) is 30.1 Å². The summed E-state index contributed by atoms with van der Waals surface area (Å²) in [5.41, 5.74) is 2.17. The van der Waals surface area contributed by atoms with Gasteiger partial charge in [0.1, 0.15) is 12.4 Å². The van der Waals surface area contributed by atoms with Gasteiger partial charge in [0.2, 0.25) is 5.91 Å². The summed E-state index contributed by atoms with van der Waals surface area (Å²) in [6.07, 6.45) is 3.21. The second-order valence-corrected chi connectivity index (χ2v) is 7.71. The summed E-state index contributed by atoms with van der Waals surface area (Å²) in [5.74, 6) is 0.0784. The van der Waals surface area contributed by atoms with Crippen LogP contribution < -0.4 is 14.8 Å². The number of carbonyl (C=O) groups is 2. The second kappa shape index (κ2) is 8.73. The molecule has 6 nitrogen and oxygen atoms in total. The average molecular weight is 412 g/mol. The predicted molar refractivity (Wildman–Crippen MR) is 109 cm³/mol. The number of nitrogens with zero attached hydrogens (tertiary/aromatic N) is 1. The molecule has 2 aromatic carbocycles. The van der Waals surface area contributed by atoms with E-state index in [-0.39, 0.29) is 23.1 Å². The Hall–Kier alpha value is -3.09. The van der Waals surface area contributed by atoms with Crippen LogP contribution in [0, 0.1) is 5.82 Å². The smallest absolute Gasteiger partial charge is 0.254 e. The average Bonchev–Trinajstić information content (AvgIpc) is 3.57. The van der Waals surface area contributed by atoms with Gasteiger partial charge < -0.3 is 19.7 Å². The van der Waals surface area contributed by atoms with Crippen molar-refractivity contribution in [2.45, 2.75) is 38.3 Å². The Bertz CT molecular complexity index is 958. The van der Waals surface area contributed by atoms with E-state index < -0.39 is 5.82 Å². The number of methoxy groups -OCH3 is 1. The first-order valence-electron chi connectivity index (χ1n) is 10.2. The Balaban J connectivity index is 1.45. The van der Waals surface area contributed by atoms with Crippen molar-refractivity contribution in [3.05, 3.63) is 58.9 Å². The molecule has 0 atom stereocenters. The zero-order valence-electron chi connectivity index (χ0n) is 16.9. The fraction of sp³-hybridized carbons (Fsp3) is 0.391. The van der Waals surface area contributed by atoms with Crippen molar-refractivity contribution in [2.75, 3.05) is 20.3 Å². The molecule has 0 bridgehead atoms. The number of benzene rings is 2. The number of halogens is 1. The van der Waals surface area contributed by atoms with Crippen LogP contribution in [0.4, 0.5) is 4.39 Å². The summed E-state index contributed by atoms with van der Waals surface area (Å²) in [6, 6.07) is 10.4. The maximum Gasteiger partial charge on any atom is 0.254 e. The zero-order valence-corrected chi connectivity index (χ0v) is 16.9. The highest BCUT2D eigenvalue weighted by molar-refractivity contribution is 5.94. The standard InChI is InChI=1S/C23H25FN2O4/c1-29-21-8-4-16(13-19(21)24)23(28)26-10-11-30-20-7-2-15(12-17(20)14-26)3-9-22(27)25-18-5-6-18/h2,4,7-8,12-13,18H,3,5-6,9-11,14H2,1H3,(H,25,27). The molecule has 1 aliphatic heterocycles. The van der Waals surface area contributed by atoms with Crippen LogP contribution in [0.15, 0.2) is 36.4 Å². The third-order valence-electron chi connectivity index (χ3n) is 5.37. The Morgan fingerprint density at radius 1 is 1.23 bits per heavy atom. The van der Waals surface area contributed by atoms with Crippen molar-refractivity contribution in [1.29, 1.82) is 0 Å². The number of hydrogen-bond donors (Lipinski definition) is 1. The van der Waals surface area contributed by atoms with Gasteiger partial charge in [-0.25, -0.2) is 4.39 Å². The summed E-state index contributed by atoms with van der Waals surface area (Å²) in [6.45, 7) is 1.13. The van der Waals surface area contributed by atoms with E-state index >= 15 is 0 Å². The molecule has 7 heteroatoms. The fourth-order valence-electron chi connectivity index (χ4n) is 3.54. The molecule has 4 rings (SSSR count). The first-order chi connectivity index (χ1) is 14.5. The fourth-order valence-corrected chi connectivity index (χ4v) is 3.54. The van der Waals surface area contributed by atoms with Crippen molar-refractivity contribution in [2.24, 2.45) is 0 Å². The number of carbonyl (C=O) groups excluding carboxylic acids is 2. The van der Waals surface area contributed by atoms with E-state index in [1.807, 2.05) is 18.2 Å². The van der Waals surface area contributed by atoms with Gasteiger partial charge in [0.25, 0.3) is 5.91 Å². The maximum atomic E-state index is 14.0. The molecule has 2 amide bonds. The Labute approximate surface area is 175 Å². The molecule has 30 heavy (non-hydrogen) atoms. The largest absolute Gasteiger partial charge is 0.494 e. The van der Waals surface area contributed by atoms with Gasteiger partial charge in [0.05, 0.1) is 13.7 Å². The number of ether oxygens (including phenoxy) is 2. The lowest BCUT2D eigenvalue weighted by Gasteiger charge is -2.20. The molecule has 0 radical (unpaired) electrons. The predicted octanol–water partition coefficient (Wildman–Crippen LogP) is 3.08. The van der Waals surface area contributed by atoms with E-state index in [0.717, 1.165) is 29.7 Å². The molecule has 1 heterocycles. The van der Waals surface area contributed by atoms with Crippen molar-refractivity contribution in [1.82, 2.24) is 10.2 Å². The first-order valence-corrected chi connectivity index (χ1v) is 10.2. The van der Waals surface area contributed by atoms with Crippen LogP contribution in [0.5, 0.6) is 11.5 Å². The molecule has 0 aromatic heterocycles. The van der Waals surface area contributed by atoms with Crippen LogP contribution in [0.3, 0.4) is 0 Å². The number of rotatable bonds is 6. The molecule has 158 valence electrons. The molecule has 0 spiro atoms. The van der Waals surface area contributed by atoms with Crippen LogP contribution in [-0.2, 0) is 17.8 Å². The summed E-state index contributed by atoms with van der Waals surface area (Å²) >= 11 is 0. The van der Waals surface area contributed by atoms with Gasteiger partial charge in [-0.15, -0.1) is 0 Å². The lowest BCUT2D eigenvalue weighted by molar-refractivity contribution is -0.121. The quantitative estimate of drug-likeness (QED) is 0.792. The number of hydrogen-bond acceptors (Lipinski definition) is 4. The van der Waals surface area contributed by atoms with E-state index in [2.05, 4.69) is 5.32 Å². The molecular formula is C23H25FN2O4. The molecular weight excluding hydrogens is 387 g/mol. The third-order valence-corrected chi connectivity index (χ3v) is 5.37.